The molecule has 1 aliphatic heterocycles. The van der Waals surface area contributed by atoms with Crippen LogP contribution in [0.1, 0.15) is 17.3 Å². The molecule has 6 heteroatoms. The van der Waals surface area contributed by atoms with Gasteiger partial charge in [-0.3, -0.25) is 14.5 Å². The summed E-state index contributed by atoms with van der Waals surface area (Å²) >= 11 is 0. The molecule has 1 aromatic rings. The van der Waals surface area contributed by atoms with Crippen LogP contribution in [-0.4, -0.2) is 48.9 Å². The molecule has 0 saturated carbocycles. The van der Waals surface area contributed by atoms with E-state index in [0.29, 0.717) is 23.8 Å². The number of nitrogens with zero attached hydrogens (tertiary/aromatic N) is 1. The molecule has 0 bridgehead atoms. The molecule has 6 nitrogen and oxygen atoms in total. The van der Waals surface area contributed by atoms with Gasteiger partial charge in [0, 0.05) is 36.9 Å². The number of benzene rings is 1. The minimum Gasteiger partial charge on any atom is -0.366 e. The van der Waals surface area contributed by atoms with Gasteiger partial charge in [-0.05, 0) is 31.2 Å². The number of hydrogen-bond acceptors (Lipinski definition) is 4. The fourth-order valence-electron chi connectivity index (χ4n) is 2.22. The molecule has 0 unspecified atom stereocenters. The first-order chi connectivity index (χ1) is 9.56. The summed E-state index contributed by atoms with van der Waals surface area (Å²) in [5, 5.41) is 6.11. The number of carbonyl (C=O) groups excluding carboxylic acids is 2. The summed E-state index contributed by atoms with van der Waals surface area (Å²) in [6, 6.07) is 6.92. The van der Waals surface area contributed by atoms with Crippen LogP contribution in [-0.2, 0) is 4.79 Å². The van der Waals surface area contributed by atoms with E-state index in [9.17, 15) is 9.59 Å². The predicted molar refractivity (Wildman–Crippen MR) is 77.5 cm³/mol. The number of nitrogens with one attached hydrogen (secondary N) is 2. The highest BCUT2D eigenvalue weighted by Crippen LogP contribution is 2.10. The maximum atomic E-state index is 12.0. The Balaban J connectivity index is 1.89. The van der Waals surface area contributed by atoms with Crippen LogP contribution in [0.25, 0.3) is 0 Å². The lowest BCUT2D eigenvalue weighted by atomic mass is 10.2. The van der Waals surface area contributed by atoms with Gasteiger partial charge in [-0.25, -0.2) is 0 Å². The summed E-state index contributed by atoms with van der Waals surface area (Å²) < 4.78 is 0. The molecule has 1 fully saturated rings. The smallest absolute Gasteiger partial charge is 0.248 e. The topological polar surface area (TPSA) is 87.5 Å². The lowest BCUT2D eigenvalue weighted by Gasteiger charge is -2.33. The Hall–Kier alpha value is -1.92. The first-order valence-electron chi connectivity index (χ1n) is 6.71. The van der Waals surface area contributed by atoms with Crippen molar-refractivity contribution in [3.63, 3.8) is 0 Å². The lowest BCUT2D eigenvalue weighted by molar-refractivity contribution is -0.118. The van der Waals surface area contributed by atoms with Crippen LogP contribution in [0.3, 0.4) is 0 Å². The molecular weight excluding hydrogens is 256 g/mol. The normalized spacial score (nSPS) is 19.6. The van der Waals surface area contributed by atoms with Gasteiger partial charge in [0.05, 0.1) is 6.54 Å². The van der Waals surface area contributed by atoms with Gasteiger partial charge in [0.1, 0.15) is 0 Å². The number of hydrogen-bond donors (Lipinski definition) is 3. The van der Waals surface area contributed by atoms with Crippen LogP contribution in [0.5, 0.6) is 0 Å². The van der Waals surface area contributed by atoms with Crippen LogP contribution in [0.15, 0.2) is 24.3 Å². The fraction of sp³-hybridized carbons (Fsp3) is 0.429. The zero-order valence-corrected chi connectivity index (χ0v) is 11.6. The van der Waals surface area contributed by atoms with Crippen molar-refractivity contribution < 1.29 is 9.59 Å². The van der Waals surface area contributed by atoms with Crippen molar-refractivity contribution in [3.05, 3.63) is 29.8 Å². The second-order valence-electron chi connectivity index (χ2n) is 5.01. The number of piperazine rings is 1. The SMILES string of the molecule is C[C@@H]1CNCCN1CC(=O)Nc1ccc(C(N)=O)cc1. The van der Waals surface area contributed by atoms with Crippen molar-refractivity contribution in [1.82, 2.24) is 10.2 Å². The minimum absolute atomic E-state index is 0.0504. The summed E-state index contributed by atoms with van der Waals surface area (Å²) in [6.07, 6.45) is 0. The third-order valence-electron chi connectivity index (χ3n) is 3.44. The second-order valence-corrected chi connectivity index (χ2v) is 5.01. The Bertz CT molecular complexity index is 486. The average Bonchev–Trinajstić information content (AvgIpc) is 2.42. The molecule has 108 valence electrons. The molecule has 1 heterocycles. The highest BCUT2D eigenvalue weighted by Gasteiger charge is 2.20. The van der Waals surface area contributed by atoms with E-state index in [4.69, 9.17) is 5.73 Å². The summed E-state index contributed by atoms with van der Waals surface area (Å²) in [5.74, 6) is -0.525. The maximum Gasteiger partial charge on any atom is 0.248 e. The molecule has 1 atom stereocenters. The summed E-state index contributed by atoms with van der Waals surface area (Å²) in [4.78, 5) is 25.1. The van der Waals surface area contributed by atoms with E-state index in [2.05, 4.69) is 22.5 Å². The third kappa shape index (κ3) is 3.79. The molecule has 20 heavy (non-hydrogen) atoms. The minimum atomic E-state index is -0.475. The predicted octanol–water partition coefficient (Wildman–Crippen LogP) is 0.0177. The third-order valence-corrected chi connectivity index (χ3v) is 3.44. The van der Waals surface area contributed by atoms with Gasteiger partial charge in [-0.15, -0.1) is 0 Å². The van der Waals surface area contributed by atoms with Crippen molar-refractivity contribution in [3.8, 4) is 0 Å². The molecule has 2 rings (SSSR count). The van der Waals surface area contributed by atoms with E-state index in [-0.39, 0.29) is 5.91 Å². The van der Waals surface area contributed by atoms with Crippen molar-refractivity contribution in [2.24, 2.45) is 5.73 Å². The average molecular weight is 276 g/mol. The first kappa shape index (κ1) is 14.5. The molecule has 1 aliphatic rings. The highest BCUT2D eigenvalue weighted by atomic mass is 16.2. The zero-order chi connectivity index (χ0) is 14.5. The van der Waals surface area contributed by atoms with Crippen LogP contribution in [0, 0.1) is 0 Å². The second kappa shape index (κ2) is 6.49. The first-order valence-corrected chi connectivity index (χ1v) is 6.71. The lowest BCUT2D eigenvalue weighted by Crippen LogP contribution is -2.51. The Morgan fingerprint density at radius 3 is 2.70 bits per heavy atom. The van der Waals surface area contributed by atoms with Gasteiger partial charge in [0.15, 0.2) is 0 Å². The van der Waals surface area contributed by atoms with Crippen molar-refractivity contribution in [2.75, 3.05) is 31.5 Å². The number of anilines is 1. The monoisotopic (exact) mass is 276 g/mol. The number of rotatable bonds is 4. The molecule has 1 saturated heterocycles. The van der Waals surface area contributed by atoms with Gasteiger partial charge in [0.2, 0.25) is 11.8 Å². The Morgan fingerprint density at radius 1 is 1.40 bits per heavy atom. The van der Waals surface area contributed by atoms with Crippen LogP contribution in [0.2, 0.25) is 0 Å². The van der Waals surface area contributed by atoms with Crippen LogP contribution < -0.4 is 16.4 Å². The molecular formula is C14H20N4O2. The molecule has 0 aromatic heterocycles. The van der Waals surface area contributed by atoms with E-state index in [1.807, 2.05) is 0 Å². The quantitative estimate of drug-likeness (QED) is 0.723. The number of primary amides is 1. The van der Waals surface area contributed by atoms with Crippen molar-refractivity contribution >= 4 is 17.5 Å². The summed E-state index contributed by atoms with van der Waals surface area (Å²) in [5.41, 5.74) is 6.26. The number of carbonyl (C=O) groups is 2. The van der Waals surface area contributed by atoms with Crippen molar-refractivity contribution in [2.45, 2.75) is 13.0 Å². The fourth-order valence-corrected chi connectivity index (χ4v) is 2.22. The van der Waals surface area contributed by atoms with Crippen molar-refractivity contribution in [1.29, 1.82) is 0 Å². The maximum absolute atomic E-state index is 12.0. The van der Waals surface area contributed by atoms with Crippen LogP contribution in [0.4, 0.5) is 5.69 Å². The summed E-state index contributed by atoms with van der Waals surface area (Å²) in [7, 11) is 0. The van der Waals surface area contributed by atoms with Crippen LogP contribution >= 0.6 is 0 Å². The van der Waals surface area contributed by atoms with Gasteiger partial charge >= 0.3 is 0 Å². The van der Waals surface area contributed by atoms with E-state index in [0.717, 1.165) is 19.6 Å². The molecule has 0 aliphatic carbocycles. The van der Waals surface area contributed by atoms with Gasteiger partial charge in [-0.2, -0.15) is 0 Å². The molecule has 0 spiro atoms. The van der Waals surface area contributed by atoms with E-state index < -0.39 is 5.91 Å². The molecule has 0 radical (unpaired) electrons. The molecule has 1 aromatic carbocycles. The van der Waals surface area contributed by atoms with Gasteiger partial charge in [0.25, 0.3) is 0 Å². The van der Waals surface area contributed by atoms with E-state index in [1.165, 1.54) is 0 Å². The van der Waals surface area contributed by atoms with E-state index >= 15 is 0 Å². The zero-order valence-electron chi connectivity index (χ0n) is 11.6. The van der Waals surface area contributed by atoms with Gasteiger partial charge in [-0.1, -0.05) is 0 Å². The molecule has 4 N–H and O–H groups in total. The number of amides is 2. The highest BCUT2D eigenvalue weighted by molar-refractivity contribution is 5.95. The largest absolute Gasteiger partial charge is 0.366 e. The standard InChI is InChI=1S/C14H20N4O2/c1-10-8-16-6-7-18(10)9-13(19)17-12-4-2-11(3-5-12)14(15)20/h2-5,10,16H,6-9H2,1H3,(H2,15,20)(H,17,19)/t10-/m1/s1. The van der Waals surface area contributed by atoms with E-state index in [1.54, 1.807) is 24.3 Å². The van der Waals surface area contributed by atoms with Gasteiger partial charge < -0.3 is 16.4 Å². The Kier molecular flexibility index (Phi) is 4.70. The number of nitrogens with two attached hydrogens (primary N) is 1. The Morgan fingerprint density at radius 2 is 2.10 bits per heavy atom. The summed E-state index contributed by atoms with van der Waals surface area (Å²) in [6.45, 7) is 5.15. The molecule has 2 amide bonds. The Labute approximate surface area is 118 Å².